The summed E-state index contributed by atoms with van der Waals surface area (Å²) in [6.45, 7) is 12.8. The third kappa shape index (κ3) is 4.92. The predicted molar refractivity (Wildman–Crippen MR) is 112 cm³/mol. The lowest BCUT2D eigenvalue weighted by molar-refractivity contribution is -0.137. The van der Waals surface area contributed by atoms with Crippen LogP contribution >= 0.6 is 0 Å². The second-order valence-corrected chi connectivity index (χ2v) is 9.57. The zero-order valence-electron chi connectivity index (χ0n) is 17.8. The molecular weight excluding hydrogens is 375 g/mol. The summed E-state index contributed by atoms with van der Waals surface area (Å²) < 4.78 is 40.9. The number of nitrogens with one attached hydrogen (secondary N) is 1. The van der Waals surface area contributed by atoms with Gasteiger partial charge in [-0.05, 0) is 56.4 Å². The molecule has 1 aromatic carbocycles. The molecule has 0 atom stereocenters. The summed E-state index contributed by atoms with van der Waals surface area (Å²) in [5.74, 6) is 0.790. The number of aromatic nitrogens is 2. The van der Waals surface area contributed by atoms with Crippen molar-refractivity contribution in [2.45, 2.75) is 59.7 Å². The standard InChI is InChI=1S/C23H28F3N3/c1-15-7-12-18-27-19(16-8-10-17(11-9-16)23(24,25)26)20(29(18)13-15)28-22(5,6)14-21(2,3)4/h7-13,28H,14H2,1-6H3. The highest BCUT2D eigenvalue weighted by molar-refractivity contribution is 5.77. The molecule has 0 fully saturated rings. The maximum atomic E-state index is 13.0. The summed E-state index contributed by atoms with van der Waals surface area (Å²) in [6, 6.07) is 9.08. The summed E-state index contributed by atoms with van der Waals surface area (Å²) in [6.07, 6.45) is -1.46. The molecule has 0 amide bonds. The van der Waals surface area contributed by atoms with Gasteiger partial charge in [0.25, 0.3) is 0 Å². The topological polar surface area (TPSA) is 29.3 Å². The molecule has 0 aliphatic heterocycles. The van der Waals surface area contributed by atoms with Crippen LogP contribution in [-0.4, -0.2) is 14.9 Å². The highest BCUT2D eigenvalue weighted by atomic mass is 19.4. The van der Waals surface area contributed by atoms with Crippen molar-refractivity contribution in [3.8, 4) is 11.3 Å². The number of nitrogens with zero attached hydrogens (tertiary/aromatic N) is 2. The maximum absolute atomic E-state index is 13.0. The first-order valence-corrected chi connectivity index (χ1v) is 9.70. The number of pyridine rings is 1. The Balaban J connectivity index is 2.11. The monoisotopic (exact) mass is 403 g/mol. The molecule has 1 N–H and O–H groups in total. The minimum Gasteiger partial charge on any atom is -0.364 e. The quantitative estimate of drug-likeness (QED) is 0.510. The molecule has 3 nitrogen and oxygen atoms in total. The summed E-state index contributed by atoms with van der Waals surface area (Å²) in [7, 11) is 0. The molecule has 0 spiro atoms. The van der Waals surface area contributed by atoms with Crippen molar-refractivity contribution >= 4 is 11.5 Å². The fraction of sp³-hybridized carbons (Fsp3) is 0.435. The van der Waals surface area contributed by atoms with Crippen molar-refractivity contribution in [1.29, 1.82) is 0 Å². The highest BCUT2D eigenvalue weighted by Crippen LogP contribution is 2.36. The van der Waals surface area contributed by atoms with Crippen molar-refractivity contribution in [2.24, 2.45) is 5.41 Å². The minimum atomic E-state index is -4.36. The van der Waals surface area contributed by atoms with E-state index in [1.54, 1.807) is 0 Å². The third-order valence-electron chi connectivity index (χ3n) is 4.68. The molecule has 0 aliphatic rings. The summed E-state index contributed by atoms with van der Waals surface area (Å²) >= 11 is 0. The van der Waals surface area contributed by atoms with Crippen molar-refractivity contribution in [3.63, 3.8) is 0 Å². The molecule has 156 valence electrons. The Morgan fingerprint density at radius 3 is 2.10 bits per heavy atom. The number of imidazole rings is 1. The van der Waals surface area contributed by atoms with Crippen LogP contribution in [0.3, 0.4) is 0 Å². The summed E-state index contributed by atoms with van der Waals surface area (Å²) in [5.41, 5.74) is 2.33. The molecule has 0 unspecified atom stereocenters. The smallest absolute Gasteiger partial charge is 0.364 e. The van der Waals surface area contributed by atoms with E-state index in [9.17, 15) is 13.2 Å². The zero-order chi connectivity index (χ0) is 21.6. The molecule has 2 heterocycles. The molecule has 3 rings (SSSR count). The molecule has 29 heavy (non-hydrogen) atoms. The molecule has 0 bridgehead atoms. The Bertz CT molecular complexity index is 1010. The van der Waals surface area contributed by atoms with Crippen molar-refractivity contribution in [1.82, 2.24) is 9.38 Å². The van der Waals surface area contributed by atoms with E-state index in [1.165, 1.54) is 12.1 Å². The molecule has 2 aromatic heterocycles. The van der Waals surface area contributed by atoms with Gasteiger partial charge in [-0.1, -0.05) is 39.0 Å². The van der Waals surface area contributed by atoms with E-state index in [0.29, 0.717) is 11.3 Å². The number of fused-ring (bicyclic) bond motifs is 1. The van der Waals surface area contributed by atoms with E-state index in [2.05, 4.69) is 39.9 Å². The van der Waals surface area contributed by atoms with E-state index in [4.69, 9.17) is 4.98 Å². The number of anilines is 1. The minimum absolute atomic E-state index is 0.113. The molecule has 0 saturated heterocycles. The van der Waals surface area contributed by atoms with Crippen molar-refractivity contribution in [3.05, 3.63) is 53.7 Å². The van der Waals surface area contributed by atoms with Gasteiger partial charge < -0.3 is 5.32 Å². The first kappa shape index (κ1) is 21.2. The number of hydrogen-bond donors (Lipinski definition) is 1. The van der Waals surface area contributed by atoms with Gasteiger partial charge in [0.1, 0.15) is 17.2 Å². The van der Waals surface area contributed by atoms with E-state index < -0.39 is 11.7 Å². The number of rotatable bonds is 4. The van der Waals surface area contributed by atoms with Gasteiger partial charge in [-0.25, -0.2) is 4.98 Å². The third-order valence-corrected chi connectivity index (χ3v) is 4.68. The van der Waals surface area contributed by atoms with Gasteiger partial charge in [0.05, 0.1) is 5.56 Å². The number of aryl methyl sites for hydroxylation is 1. The first-order valence-electron chi connectivity index (χ1n) is 9.70. The largest absolute Gasteiger partial charge is 0.416 e. The summed E-state index contributed by atoms with van der Waals surface area (Å²) in [4.78, 5) is 4.72. The van der Waals surface area contributed by atoms with Crippen LogP contribution in [0.1, 0.15) is 52.2 Å². The molecule has 3 aromatic rings. The average Bonchev–Trinajstić information content (AvgIpc) is 2.89. The van der Waals surface area contributed by atoms with Gasteiger partial charge in [0, 0.05) is 17.3 Å². The van der Waals surface area contributed by atoms with E-state index in [1.807, 2.05) is 29.7 Å². The normalized spacial score (nSPS) is 13.1. The van der Waals surface area contributed by atoms with E-state index in [-0.39, 0.29) is 11.0 Å². The Kier molecular flexibility index (Phi) is 5.18. The van der Waals surface area contributed by atoms with Crippen LogP contribution in [0.2, 0.25) is 0 Å². The number of hydrogen-bond acceptors (Lipinski definition) is 2. The Hall–Kier alpha value is -2.50. The van der Waals surface area contributed by atoms with Gasteiger partial charge in [0.15, 0.2) is 0 Å². The molecular formula is C23H28F3N3. The van der Waals surface area contributed by atoms with Gasteiger partial charge in [0.2, 0.25) is 0 Å². The fourth-order valence-electron chi connectivity index (χ4n) is 3.98. The number of benzene rings is 1. The van der Waals surface area contributed by atoms with Crippen LogP contribution in [0.5, 0.6) is 0 Å². The second-order valence-electron chi connectivity index (χ2n) is 9.57. The Morgan fingerprint density at radius 1 is 0.931 bits per heavy atom. The summed E-state index contributed by atoms with van der Waals surface area (Å²) in [5, 5.41) is 3.62. The van der Waals surface area contributed by atoms with Gasteiger partial charge in [-0.2, -0.15) is 13.2 Å². The first-order chi connectivity index (χ1) is 13.3. The molecule has 0 radical (unpaired) electrons. The van der Waals surface area contributed by atoms with E-state index in [0.717, 1.165) is 35.6 Å². The fourth-order valence-corrected chi connectivity index (χ4v) is 3.98. The molecule has 0 aliphatic carbocycles. The van der Waals surface area contributed by atoms with E-state index >= 15 is 0 Å². The van der Waals surface area contributed by atoms with Crippen LogP contribution in [0, 0.1) is 12.3 Å². The maximum Gasteiger partial charge on any atom is 0.416 e. The molecule has 6 heteroatoms. The zero-order valence-corrected chi connectivity index (χ0v) is 17.8. The number of halogens is 3. The van der Waals surface area contributed by atoms with Crippen LogP contribution in [0.15, 0.2) is 42.6 Å². The lowest BCUT2D eigenvalue weighted by Gasteiger charge is -2.34. The van der Waals surface area contributed by atoms with Gasteiger partial charge in [-0.15, -0.1) is 0 Å². The van der Waals surface area contributed by atoms with Crippen molar-refractivity contribution in [2.75, 3.05) is 5.32 Å². The van der Waals surface area contributed by atoms with Gasteiger partial charge in [-0.3, -0.25) is 4.40 Å². The van der Waals surface area contributed by atoms with Crippen LogP contribution < -0.4 is 5.32 Å². The lowest BCUT2D eigenvalue weighted by atomic mass is 9.82. The average molecular weight is 403 g/mol. The SMILES string of the molecule is Cc1ccc2nc(-c3ccc(C(F)(F)F)cc3)c(NC(C)(C)CC(C)(C)C)n2c1. The highest BCUT2D eigenvalue weighted by Gasteiger charge is 2.31. The van der Waals surface area contributed by atoms with Gasteiger partial charge >= 0.3 is 6.18 Å². The Labute approximate surface area is 170 Å². The predicted octanol–water partition coefficient (Wildman–Crippen LogP) is 6.96. The Morgan fingerprint density at radius 2 is 1.55 bits per heavy atom. The number of alkyl halides is 3. The van der Waals surface area contributed by atoms with Crippen LogP contribution in [-0.2, 0) is 6.18 Å². The van der Waals surface area contributed by atoms with Crippen LogP contribution in [0.25, 0.3) is 16.9 Å². The lowest BCUT2D eigenvalue weighted by Crippen LogP contribution is -2.36. The van der Waals surface area contributed by atoms with Crippen LogP contribution in [0.4, 0.5) is 19.0 Å². The molecule has 0 saturated carbocycles. The second kappa shape index (κ2) is 7.08. The van der Waals surface area contributed by atoms with Crippen molar-refractivity contribution < 1.29 is 13.2 Å².